The number of aryl methyl sites for hydroxylation is 1. The van der Waals surface area contributed by atoms with Crippen LogP contribution in [-0.2, 0) is 10.5 Å². The Bertz CT molecular complexity index is 1160. The highest BCUT2D eigenvalue weighted by Crippen LogP contribution is 2.26. The number of aromatic nitrogens is 1. The van der Waals surface area contributed by atoms with E-state index in [0.717, 1.165) is 39.2 Å². The van der Waals surface area contributed by atoms with Gasteiger partial charge in [-0.05, 0) is 66.6 Å². The normalized spacial score (nSPS) is 11.0. The third-order valence-electron chi connectivity index (χ3n) is 4.35. The Morgan fingerprint density at radius 2 is 1.93 bits per heavy atom. The average molecular weight is 423 g/mol. The van der Waals surface area contributed by atoms with Crippen molar-refractivity contribution in [3.63, 3.8) is 0 Å². The standard InChI is InChI=1S/C23H19ClN2O2S/c1-15-5-10-21-20(11-15)26-23(28-21)17-6-8-19(9-7-17)25-22(27)14-29-13-16-3-2-4-18(24)12-16/h2-12H,13-14H2,1H3,(H,25,27). The van der Waals surface area contributed by atoms with E-state index in [0.29, 0.717) is 16.7 Å². The van der Waals surface area contributed by atoms with Crippen molar-refractivity contribution in [2.75, 3.05) is 11.1 Å². The van der Waals surface area contributed by atoms with Crippen molar-refractivity contribution in [1.29, 1.82) is 0 Å². The molecule has 0 saturated carbocycles. The number of nitrogens with zero attached hydrogens (tertiary/aromatic N) is 1. The fourth-order valence-corrected chi connectivity index (χ4v) is 3.93. The van der Waals surface area contributed by atoms with Gasteiger partial charge in [-0.15, -0.1) is 11.8 Å². The number of carbonyl (C=O) groups excluding carboxylic acids is 1. The molecule has 1 N–H and O–H groups in total. The number of anilines is 1. The molecule has 4 aromatic rings. The minimum Gasteiger partial charge on any atom is -0.436 e. The van der Waals surface area contributed by atoms with Gasteiger partial charge in [0.25, 0.3) is 0 Å². The maximum Gasteiger partial charge on any atom is 0.234 e. The second kappa shape index (κ2) is 8.72. The molecule has 0 fully saturated rings. The molecule has 0 radical (unpaired) electrons. The van der Waals surface area contributed by atoms with Gasteiger partial charge in [0, 0.05) is 22.0 Å². The molecule has 4 nitrogen and oxygen atoms in total. The van der Waals surface area contributed by atoms with E-state index in [1.165, 1.54) is 0 Å². The van der Waals surface area contributed by atoms with Gasteiger partial charge in [-0.25, -0.2) is 4.98 Å². The number of fused-ring (bicyclic) bond motifs is 1. The van der Waals surface area contributed by atoms with Crippen LogP contribution in [0.3, 0.4) is 0 Å². The van der Waals surface area contributed by atoms with Crippen molar-refractivity contribution in [2.24, 2.45) is 0 Å². The summed E-state index contributed by atoms with van der Waals surface area (Å²) in [6, 6.07) is 21.1. The van der Waals surface area contributed by atoms with Crippen LogP contribution >= 0.6 is 23.4 Å². The molecular weight excluding hydrogens is 404 g/mol. The summed E-state index contributed by atoms with van der Waals surface area (Å²) in [5.74, 6) is 1.64. The minimum absolute atomic E-state index is 0.0397. The van der Waals surface area contributed by atoms with Gasteiger partial charge in [0.05, 0.1) is 5.75 Å². The maximum absolute atomic E-state index is 12.2. The number of hydrogen-bond acceptors (Lipinski definition) is 4. The van der Waals surface area contributed by atoms with Gasteiger partial charge in [-0.3, -0.25) is 4.79 Å². The van der Waals surface area contributed by atoms with Crippen LogP contribution in [0.25, 0.3) is 22.6 Å². The Hall–Kier alpha value is -2.76. The van der Waals surface area contributed by atoms with Crippen LogP contribution in [0, 0.1) is 6.92 Å². The molecule has 1 heterocycles. The van der Waals surface area contributed by atoms with E-state index >= 15 is 0 Å². The van der Waals surface area contributed by atoms with E-state index in [9.17, 15) is 4.79 Å². The van der Waals surface area contributed by atoms with Gasteiger partial charge in [0.1, 0.15) is 5.52 Å². The number of halogens is 1. The summed E-state index contributed by atoms with van der Waals surface area (Å²) >= 11 is 7.53. The third kappa shape index (κ3) is 5.00. The molecule has 0 aliphatic carbocycles. The fourth-order valence-electron chi connectivity index (χ4n) is 2.94. The van der Waals surface area contributed by atoms with E-state index in [2.05, 4.69) is 10.3 Å². The number of carbonyl (C=O) groups is 1. The van der Waals surface area contributed by atoms with E-state index in [1.807, 2.05) is 73.7 Å². The van der Waals surface area contributed by atoms with Crippen molar-refractivity contribution in [3.8, 4) is 11.5 Å². The molecule has 146 valence electrons. The number of nitrogens with one attached hydrogen (secondary N) is 1. The number of oxazole rings is 1. The van der Waals surface area contributed by atoms with Gasteiger partial charge >= 0.3 is 0 Å². The van der Waals surface area contributed by atoms with Crippen molar-refractivity contribution in [3.05, 3.63) is 82.9 Å². The Balaban J connectivity index is 1.34. The zero-order chi connectivity index (χ0) is 20.2. The molecule has 0 atom stereocenters. The molecule has 29 heavy (non-hydrogen) atoms. The van der Waals surface area contributed by atoms with Crippen LogP contribution in [0.2, 0.25) is 5.02 Å². The Kier molecular flexibility index (Phi) is 5.88. The summed E-state index contributed by atoms with van der Waals surface area (Å²) in [6.07, 6.45) is 0. The highest BCUT2D eigenvalue weighted by molar-refractivity contribution is 7.99. The molecule has 0 bridgehead atoms. The van der Waals surface area contributed by atoms with Crippen molar-refractivity contribution in [1.82, 2.24) is 4.98 Å². The Labute approximate surface area is 178 Å². The topological polar surface area (TPSA) is 55.1 Å². The molecule has 6 heteroatoms. The number of benzene rings is 3. The van der Waals surface area contributed by atoms with Crippen LogP contribution in [0.4, 0.5) is 5.69 Å². The zero-order valence-electron chi connectivity index (χ0n) is 15.8. The molecule has 0 spiro atoms. The maximum atomic E-state index is 12.2. The predicted molar refractivity (Wildman–Crippen MR) is 120 cm³/mol. The summed E-state index contributed by atoms with van der Waals surface area (Å²) < 4.78 is 5.82. The zero-order valence-corrected chi connectivity index (χ0v) is 17.4. The summed E-state index contributed by atoms with van der Waals surface area (Å²) in [6.45, 7) is 2.03. The van der Waals surface area contributed by atoms with Crippen LogP contribution < -0.4 is 5.32 Å². The molecule has 0 aliphatic heterocycles. The van der Waals surface area contributed by atoms with E-state index in [1.54, 1.807) is 11.8 Å². The lowest BCUT2D eigenvalue weighted by molar-refractivity contribution is -0.113. The first-order valence-corrected chi connectivity index (χ1v) is 10.7. The highest BCUT2D eigenvalue weighted by Gasteiger charge is 2.09. The number of thioether (sulfide) groups is 1. The lowest BCUT2D eigenvalue weighted by atomic mass is 10.2. The van der Waals surface area contributed by atoms with Gasteiger partial charge < -0.3 is 9.73 Å². The SMILES string of the molecule is Cc1ccc2oc(-c3ccc(NC(=O)CSCc4cccc(Cl)c4)cc3)nc2c1. The highest BCUT2D eigenvalue weighted by atomic mass is 35.5. The van der Waals surface area contributed by atoms with Gasteiger partial charge in [-0.2, -0.15) is 0 Å². The molecule has 3 aromatic carbocycles. The largest absolute Gasteiger partial charge is 0.436 e. The van der Waals surface area contributed by atoms with Crippen molar-refractivity contribution >= 4 is 46.1 Å². The Morgan fingerprint density at radius 1 is 1.10 bits per heavy atom. The lowest BCUT2D eigenvalue weighted by Gasteiger charge is -2.06. The van der Waals surface area contributed by atoms with Crippen molar-refractivity contribution in [2.45, 2.75) is 12.7 Å². The van der Waals surface area contributed by atoms with Crippen molar-refractivity contribution < 1.29 is 9.21 Å². The molecular formula is C23H19ClN2O2S. The number of hydrogen-bond donors (Lipinski definition) is 1. The lowest BCUT2D eigenvalue weighted by Crippen LogP contribution is -2.14. The van der Waals surface area contributed by atoms with E-state index in [4.69, 9.17) is 16.0 Å². The summed E-state index contributed by atoms with van der Waals surface area (Å²) in [4.78, 5) is 16.7. The van der Waals surface area contributed by atoms with Crippen LogP contribution in [0.5, 0.6) is 0 Å². The summed E-state index contributed by atoms with van der Waals surface area (Å²) in [5.41, 5.74) is 5.46. The summed E-state index contributed by atoms with van der Waals surface area (Å²) in [5, 5.41) is 3.63. The monoisotopic (exact) mass is 422 g/mol. The number of rotatable bonds is 6. The molecule has 0 aliphatic rings. The quantitative estimate of drug-likeness (QED) is 0.394. The smallest absolute Gasteiger partial charge is 0.234 e. The number of amides is 1. The first-order chi connectivity index (χ1) is 14.1. The third-order valence-corrected chi connectivity index (χ3v) is 5.59. The summed E-state index contributed by atoms with van der Waals surface area (Å²) in [7, 11) is 0. The van der Waals surface area contributed by atoms with Gasteiger partial charge in [-0.1, -0.05) is 29.8 Å². The molecule has 0 unspecified atom stereocenters. The second-order valence-electron chi connectivity index (χ2n) is 6.74. The fraction of sp³-hybridized carbons (Fsp3) is 0.130. The van der Waals surface area contributed by atoms with Gasteiger partial charge in [0.15, 0.2) is 5.58 Å². The first kappa shape index (κ1) is 19.6. The van der Waals surface area contributed by atoms with E-state index < -0.39 is 0 Å². The molecule has 0 saturated heterocycles. The predicted octanol–water partition coefficient (Wildman–Crippen LogP) is 6.33. The van der Waals surface area contributed by atoms with Gasteiger partial charge in [0.2, 0.25) is 11.8 Å². The Morgan fingerprint density at radius 3 is 2.72 bits per heavy atom. The van der Waals surface area contributed by atoms with E-state index in [-0.39, 0.29) is 5.91 Å². The molecule has 1 amide bonds. The molecule has 4 rings (SSSR count). The van der Waals surface area contributed by atoms with Crippen LogP contribution in [0.15, 0.2) is 71.1 Å². The minimum atomic E-state index is -0.0397. The van der Waals surface area contributed by atoms with Crippen LogP contribution in [-0.4, -0.2) is 16.6 Å². The van der Waals surface area contributed by atoms with Crippen LogP contribution in [0.1, 0.15) is 11.1 Å². The average Bonchev–Trinajstić information content (AvgIpc) is 3.12. The molecule has 1 aromatic heterocycles. The second-order valence-corrected chi connectivity index (χ2v) is 8.16. The first-order valence-electron chi connectivity index (χ1n) is 9.16.